The molecule has 0 amide bonds. The van der Waals surface area contributed by atoms with Gasteiger partial charge in [-0.15, -0.1) is 0 Å². The summed E-state index contributed by atoms with van der Waals surface area (Å²) < 4.78 is 14.3. The predicted octanol–water partition coefficient (Wildman–Crippen LogP) is 5.43. The highest BCUT2D eigenvalue weighted by Crippen LogP contribution is 2.31. The molecule has 0 unspecified atom stereocenters. The molecular formula is C21H28FN. The Morgan fingerprint density at radius 1 is 0.913 bits per heavy atom. The molecule has 0 aliphatic carbocycles. The first-order valence-corrected chi connectivity index (χ1v) is 8.37. The van der Waals surface area contributed by atoms with Crippen LogP contribution in [0.1, 0.15) is 41.2 Å². The van der Waals surface area contributed by atoms with Crippen LogP contribution < -0.4 is 0 Å². The summed E-state index contributed by atoms with van der Waals surface area (Å²) in [5.41, 5.74) is 7.79. The topological polar surface area (TPSA) is 3.24 Å². The van der Waals surface area contributed by atoms with Crippen LogP contribution in [0.5, 0.6) is 0 Å². The standard InChI is InChI=1S/C21H28FN/c1-7-8-18-12-19(11-16(4)21(18)22)20-14(2)9-17(10-15(20)3)13-23(5)6/h9-12H,7-8,13H2,1-6H3. The van der Waals surface area contributed by atoms with Crippen molar-refractivity contribution in [3.8, 4) is 11.1 Å². The molecule has 0 saturated heterocycles. The Morgan fingerprint density at radius 3 is 2.04 bits per heavy atom. The van der Waals surface area contributed by atoms with Crippen LogP contribution in [0, 0.1) is 26.6 Å². The summed E-state index contributed by atoms with van der Waals surface area (Å²) >= 11 is 0. The van der Waals surface area contributed by atoms with E-state index in [1.54, 1.807) is 0 Å². The summed E-state index contributed by atoms with van der Waals surface area (Å²) in [6.45, 7) is 9.20. The maximum atomic E-state index is 14.3. The van der Waals surface area contributed by atoms with Crippen molar-refractivity contribution in [2.75, 3.05) is 14.1 Å². The summed E-state index contributed by atoms with van der Waals surface area (Å²) in [4.78, 5) is 2.18. The second-order valence-electron chi connectivity index (χ2n) is 6.86. The largest absolute Gasteiger partial charge is 0.305 e. The van der Waals surface area contributed by atoms with Gasteiger partial charge in [-0.25, -0.2) is 4.39 Å². The molecular weight excluding hydrogens is 285 g/mol. The summed E-state index contributed by atoms with van der Waals surface area (Å²) in [5.74, 6) is -0.0462. The van der Waals surface area contributed by atoms with E-state index in [4.69, 9.17) is 0 Å². The van der Waals surface area contributed by atoms with E-state index in [0.29, 0.717) is 0 Å². The summed E-state index contributed by atoms with van der Waals surface area (Å²) in [6, 6.07) is 8.52. The monoisotopic (exact) mass is 313 g/mol. The Kier molecular flexibility index (Phi) is 5.59. The van der Waals surface area contributed by atoms with Crippen molar-refractivity contribution in [2.45, 2.75) is 47.1 Å². The Hall–Kier alpha value is -1.67. The van der Waals surface area contributed by atoms with Crippen LogP contribution in [0.4, 0.5) is 4.39 Å². The summed E-state index contributed by atoms with van der Waals surface area (Å²) in [6.07, 6.45) is 1.75. The highest BCUT2D eigenvalue weighted by atomic mass is 19.1. The van der Waals surface area contributed by atoms with Crippen molar-refractivity contribution in [3.05, 3.63) is 57.9 Å². The lowest BCUT2D eigenvalue weighted by molar-refractivity contribution is 0.402. The molecule has 0 saturated carbocycles. The molecule has 0 aliphatic heterocycles. The van der Waals surface area contributed by atoms with Crippen molar-refractivity contribution in [1.29, 1.82) is 0 Å². The first kappa shape index (κ1) is 17.7. The van der Waals surface area contributed by atoms with Gasteiger partial charge in [0.25, 0.3) is 0 Å². The van der Waals surface area contributed by atoms with E-state index < -0.39 is 0 Å². The van der Waals surface area contributed by atoms with Crippen molar-refractivity contribution in [3.63, 3.8) is 0 Å². The number of hydrogen-bond acceptors (Lipinski definition) is 1. The van der Waals surface area contributed by atoms with Crippen molar-refractivity contribution in [1.82, 2.24) is 4.90 Å². The lowest BCUT2D eigenvalue weighted by Crippen LogP contribution is -2.11. The number of halogens is 1. The molecule has 0 bridgehead atoms. The summed E-state index contributed by atoms with van der Waals surface area (Å²) in [5, 5.41) is 0. The molecule has 124 valence electrons. The molecule has 0 spiro atoms. The van der Waals surface area contributed by atoms with Gasteiger partial charge in [0.15, 0.2) is 0 Å². The summed E-state index contributed by atoms with van der Waals surface area (Å²) in [7, 11) is 4.16. The third kappa shape index (κ3) is 4.00. The lowest BCUT2D eigenvalue weighted by Gasteiger charge is -2.17. The van der Waals surface area contributed by atoms with E-state index >= 15 is 0 Å². The van der Waals surface area contributed by atoms with Crippen molar-refractivity contribution < 1.29 is 4.39 Å². The van der Waals surface area contributed by atoms with E-state index in [1.807, 2.05) is 19.1 Å². The normalized spacial score (nSPS) is 11.3. The average Bonchev–Trinajstić information content (AvgIpc) is 2.42. The van der Waals surface area contributed by atoms with Gasteiger partial charge >= 0.3 is 0 Å². The number of hydrogen-bond donors (Lipinski definition) is 0. The van der Waals surface area contributed by atoms with E-state index in [2.05, 4.69) is 51.9 Å². The van der Waals surface area contributed by atoms with Crippen LogP contribution in [0.3, 0.4) is 0 Å². The van der Waals surface area contributed by atoms with Crippen LogP contribution in [-0.4, -0.2) is 19.0 Å². The highest BCUT2D eigenvalue weighted by molar-refractivity contribution is 5.72. The fourth-order valence-corrected chi connectivity index (χ4v) is 3.40. The molecule has 0 fully saturated rings. The predicted molar refractivity (Wildman–Crippen MR) is 97.4 cm³/mol. The van der Waals surface area contributed by atoms with Crippen LogP contribution in [0.25, 0.3) is 11.1 Å². The second kappa shape index (κ2) is 7.27. The smallest absolute Gasteiger partial charge is 0.129 e. The number of aryl methyl sites for hydroxylation is 4. The maximum Gasteiger partial charge on any atom is 0.129 e. The van der Waals surface area contributed by atoms with Gasteiger partial charge in [0.1, 0.15) is 5.82 Å². The second-order valence-corrected chi connectivity index (χ2v) is 6.86. The third-order valence-corrected chi connectivity index (χ3v) is 4.23. The minimum Gasteiger partial charge on any atom is -0.305 e. The molecule has 2 aromatic rings. The van der Waals surface area contributed by atoms with E-state index in [9.17, 15) is 4.39 Å². The van der Waals surface area contributed by atoms with Crippen molar-refractivity contribution in [2.24, 2.45) is 0 Å². The van der Waals surface area contributed by atoms with Gasteiger partial charge in [0.2, 0.25) is 0 Å². The first-order chi connectivity index (χ1) is 10.8. The fourth-order valence-electron chi connectivity index (χ4n) is 3.40. The van der Waals surface area contributed by atoms with Gasteiger partial charge in [-0.1, -0.05) is 25.5 Å². The molecule has 0 heterocycles. The molecule has 23 heavy (non-hydrogen) atoms. The Labute approximate surface area is 140 Å². The minimum absolute atomic E-state index is 0.0462. The van der Waals surface area contributed by atoms with Crippen LogP contribution >= 0.6 is 0 Å². The van der Waals surface area contributed by atoms with Crippen molar-refractivity contribution >= 4 is 0 Å². The number of rotatable bonds is 5. The van der Waals surface area contributed by atoms with Crippen LogP contribution in [0.15, 0.2) is 24.3 Å². The van der Waals surface area contributed by atoms with E-state index in [-0.39, 0.29) is 5.82 Å². The molecule has 0 aromatic heterocycles. The molecule has 2 rings (SSSR count). The molecule has 0 radical (unpaired) electrons. The van der Waals surface area contributed by atoms with Crippen LogP contribution in [0.2, 0.25) is 0 Å². The first-order valence-electron chi connectivity index (χ1n) is 8.37. The quantitative estimate of drug-likeness (QED) is 0.711. The van der Waals surface area contributed by atoms with E-state index in [0.717, 1.165) is 36.1 Å². The van der Waals surface area contributed by atoms with E-state index in [1.165, 1.54) is 22.3 Å². The molecule has 1 nitrogen and oxygen atoms in total. The fraction of sp³-hybridized carbons (Fsp3) is 0.429. The molecule has 0 aliphatic rings. The van der Waals surface area contributed by atoms with Gasteiger partial charge in [0, 0.05) is 6.54 Å². The SMILES string of the molecule is CCCc1cc(-c2c(C)cc(CN(C)C)cc2C)cc(C)c1F. The number of benzene rings is 2. The lowest BCUT2D eigenvalue weighted by atomic mass is 9.90. The maximum absolute atomic E-state index is 14.3. The third-order valence-electron chi connectivity index (χ3n) is 4.23. The molecule has 0 N–H and O–H groups in total. The molecule has 2 heteroatoms. The van der Waals surface area contributed by atoms with Gasteiger partial charge in [-0.05, 0) is 92.4 Å². The van der Waals surface area contributed by atoms with Gasteiger partial charge in [-0.2, -0.15) is 0 Å². The zero-order valence-electron chi connectivity index (χ0n) is 15.3. The molecule has 0 atom stereocenters. The number of nitrogens with zero attached hydrogens (tertiary/aromatic N) is 1. The zero-order valence-corrected chi connectivity index (χ0v) is 15.3. The Balaban J connectivity index is 2.54. The minimum atomic E-state index is -0.0462. The Morgan fingerprint density at radius 2 is 1.52 bits per heavy atom. The zero-order chi connectivity index (χ0) is 17.1. The Bertz CT molecular complexity index is 678. The van der Waals surface area contributed by atoms with Crippen LogP contribution in [-0.2, 0) is 13.0 Å². The molecule has 2 aromatic carbocycles. The highest BCUT2D eigenvalue weighted by Gasteiger charge is 2.13. The van der Waals surface area contributed by atoms with Gasteiger partial charge < -0.3 is 4.90 Å². The van der Waals surface area contributed by atoms with Gasteiger partial charge in [-0.3, -0.25) is 0 Å². The van der Waals surface area contributed by atoms with Gasteiger partial charge in [0.05, 0.1) is 0 Å². The average molecular weight is 313 g/mol.